The number of rotatable bonds is 4. The van der Waals surface area contributed by atoms with Gasteiger partial charge in [0.05, 0.1) is 12.6 Å². The van der Waals surface area contributed by atoms with Gasteiger partial charge < -0.3 is 15.0 Å². The van der Waals surface area contributed by atoms with E-state index < -0.39 is 6.10 Å². The third-order valence-electron chi connectivity index (χ3n) is 4.04. The van der Waals surface area contributed by atoms with E-state index in [0.29, 0.717) is 19.1 Å². The fraction of sp³-hybridized carbons (Fsp3) is 0.667. The lowest BCUT2D eigenvalue weighted by molar-refractivity contribution is -0.138. The van der Waals surface area contributed by atoms with Crippen molar-refractivity contribution >= 4 is 5.91 Å². The van der Waals surface area contributed by atoms with E-state index in [1.807, 2.05) is 20.0 Å². The monoisotopic (exact) mass is 290 g/mol. The molecule has 1 aromatic rings. The molecule has 0 spiro atoms. The van der Waals surface area contributed by atoms with Crippen molar-refractivity contribution in [3.05, 3.63) is 23.8 Å². The van der Waals surface area contributed by atoms with Gasteiger partial charge in [0.2, 0.25) is 0 Å². The van der Waals surface area contributed by atoms with Crippen molar-refractivity contribution in [3.63, 3.8) is 0 Å². The summed E-state index contributed by atoms with van der Waals surface area (Å²) in [6.45, 7) is 4.05. The molecule has 2 heterocycles. The van der Waals surface area contributed by atoms with E-state index >= 15 is 0 Å². The van der Waals surface area contributed by atoms with Crippen LogP contribution in [0.5, 0.6) is 0 Å². The molecule has 0 unspecified atom stereocenters. The molecule has 6 nitrogen and oxygen atoms in total. The van der Waals surface area contributed by atoms with Crippen molar-refractivity contribution < 1.29 is 9.53 Å². The van der Waals surface area contributed by atoms with Crippen molar-refractivity contribution in [2.24, 2.45) is 5.92 Å². The Morgan fingerprint density at radius 3 is 3.00 bits per heavy atom. The van der Waals surface area contributed by atoms with Crippen LogP contribution in [-0.4, -0.2) is 53.6 Å². The molecular weight excluding hydrogens is 268 g/mol. The number of ether oxygens (including phenoxy) is 1. The first-order valence-corrected chi connectivity index (χ1v) is 7.53. The summed E-state index contributed by atoms with van der Waals surface area (Å²) < 4.78 is 5.58. The quantitative estimate of drug-likeness (QED) is 0.883. The maximum absolute atomic E-state index is 12.4. The number of aromatic nitrogens is 2. The van der Waals surface area contributed by atoms with Crippen LogP contribution < -0.4 is 5.32 Å². The molecule has 0 aromatic carbocycles. The molecule has 1 saturated heterocycles. The van der Waals surface area contributed by atoms with Gasteiger partial charge in [-0.15, -0.1) is 0 Å². The summed E-state index contributed by atoms with van der Waals surface area (Å²) >= 11 is 0. The second kappa shape index (κ2) is 6.07. The molecule has 2 atom stereocenters. The van der Waals surface area contributed by atoms with Crippen molar-refractivity contribution in [1.29, 1.82) is 0 Å². The Morgan fingerprint density at radius 2 is 2.33 bits per heavy atom. The van der Waals surface area contributed by atoms with Crippen LogP contribution >= 0.6 is 0 Å². The number of carbonyl (C=O) groups is 1. The van der Waals surface area contributed by atoms with Crippen molar-refractivity contribution in [2.45, 2.75) is 31.9 Å². The van der Waals surface area contributed by atoms with Gasteiger partial charge in [-0.25, -0.2) is 9.97 Å². The zero-order valence-corrected chi connectivity index (χ0v) is 12.6. The van der Waals surface area contributed by atoms with Crippen LogP contribution in [0.2, 0.25) is 0 Å². The van der Waals surface area contributed by atoms with Gasteiger partial charge >= 0.3 is 0 Å². The van der Waals surface area contributed by atoms with Crippen molar-refractivity contribution in [1.82, 2.24) is 20.2 Å². The Morgan fingerprint density at radius 1 is 1.52 bits per heavy atom. The molecule has 2 fully saturated rings. The van der Waals surface area contributed by atoms with Crippen LogP contribution in [0.1, 0.15) is 30.4 Å². The summed E-state index contributed by atoms with van der Waals surface area (Å²) in [4.78, 5) is 23.3. The van der Waals surface area contributed by atoms with Gasteiger partial charge in [-0.2, -0.15) is 0 Å². The van der Waals surface area contributed by atoms with E-state index in [0.717, 1.165) is 30.9 Å². The average Bonchev–Trinajstić information content (AvgIpc) is 3.29. The minimum absolute atomic E-state index is 0.0523. The summed E-state index contributed by atoms with van der Waals surface area (Å²) in [6, 6.07) is 1.78. The predicted molar refractivity (Wildman–Crippen MR) is 77.6 cm³/mol. The maximum Gasteiger partial charge on any atom is 0.251 e. The number of hydrogen-bond donors (Lipinski definition) is 1. The van der Waals surface area contributed by atoms with Crippen LogP contribution in [0.25, 0.3) is 0 Å². The smallest absolute Gasteiger partial charge is 0.251 e. The van der Waals surface area contributed by atoms with Crippen LogP contribution in [0, 0.1) is 12.8 Å². The molecule has 1 N–H and O–H groups in total. The highest BCUT2D eigenvalue weighted by Gasteiger charge is 2.37. The fourth-order valence-electron chi connectivity index (χ4n) is 2.62. The number of nitrogens with zero attached hydrogens (tertiary/aromatic N) is 3. The molecular formula is C15H22N4O2. The number of likely N-dealkylation sites (N-methyl/N-ethyl adjacent to an activating group) is 1. The number of carbonyl (C=O) groups excluding carboxylic acids is 1. The first kappa shape index (κ1) is 14.4. The molecule has 6 heteroatoms. The number of aryl methyl sites for hydroxylation is 1. The third kappa shape index (κ3) is 3.57. The molecule has 3 rings (SSSR count). The van der Waals surface area contributed by atoms with Crippen LogP contribution in [-0.2, 0) is 9.53 Å². The number of amides is 1. The third-order valence-corrected chi connectivity index (χ3v) is 4.04. The number of nitrogens with one attached hydrogen (secondary N) is 1. The predicted octanol–water partition coefficient (Wildman–Crippen LogP) is 0.683. The van der Waals surface area contributed by atoms with Crippen LogP contribution in [0.3, 0.4) is 0 Å². The van der Waals surface area contributed by atoms with E-state index in [9.17, 15) is 4.79 Å². The molecule has 114 valence electrons. The van der Waals surface area contributed by atoms with Gasteiger partial charge in [0.15, 0.2) is 5.82 Å². The van der Waals surface area contributed by atoms with Gasteiger partial charge in [0.1, 0.15) is 6.10 Å². The maximum atomic E-state index is 12.4. The minimum atomic E-state index is -0.394. The standard InChI is InChI=1S/C15H22N4O2/c1-10-5-6-16-14(17-10)13(11-3-4-11)18-15(20)12-9-19(2)7-8-21-12/h5-6,11-13H,3-4,7-9H2,1-2H3,(H,18,20)/t12-,13+/m0/s1. The normalized spacial score (nSPS) is 24.6. The van der Waals surface area contributed by atoms with Crippen molar-refractivity contribution in [3.8, 4) is 0 Å². The van der Waals surface area contributed by atoms with E-state index in [2.05, 4.69) is 20.2 Å². The molecule has 1 aromatic heterocycles. The first-order valence-electron chi connectivity index (χ1n) is 7.53. The average molecular weight is 290 g/mol. The van der Waals surface area contributed by atoms with E-state index in [1.165, 1.54) is 0 Å². The Balaban J connectivity index is 1.69. The second-order valence-corrected chi connectivity index (χ2v) is 6.00. The van der Waals surface area contributed by atoms with Gasteiger partial charge in [-0.3, -0.25) is 4.79 Å². The highest BCUT2D eigenvalue weighted by Crippen LogP contribution is 2.40. The lowest BCUT2D eigenvalue weighted by atomic mass is 10.1. The summed E-state index contributed by atoms with van der Waals surface area (Å²) in [5.74, 6) is 1.12. The molecule has 1 amide bonds. The molecule has 0 radical (unpaired) electrons. The van der Waals surface area contributed by atoms with Gasteiger partial charge in [-0.05, 0) is 38.8 Å². The zero-order valence-electron chi connectivity index (χ0n) is 12.6. The highest BCUT2D eigenvalue weighted by molar-refractivity contribution is 5.81. The Hall–Kier alpha value is -1.53. The molecule has 1 aliphatic heterocycles. The van der Waals surface area contributed by atoms with E-state index in [1.54, 1.807) is 6.20 Å². The summed E-state index contributed by atoms with van der Waals surface area (Å²) in [5, 5.41) is 3.10. The van der Waals surface area contributed by atoms with E-state index in [-0.39, 0.29) is 11.9 Å². The summed E-state index contributed by atoms with van der Waals surface area (Å²) in [6.07, 6.45) is 3.60. The first-order chi connectivity index (χ1) is 10.1. The Labute approximate surface area is 124 Å². The number of morpholine rings is 1. The number of hydrogen-bond acceptors (Lipinski definition) is 5. The SMILES string of the molecule is Cc1ccnc([C@H](NC(=O)[C@@H]2CN(C)CCO2)C2CC2)n1. The highest BCUT2D eigenvalue weighted by atomic mass is 16.5. The topological polar surface area (TPSA) is 67.4 Å². The summed E-state index contributed by atoms with van der Waals surface area (Å²) in [5.41, 5.74) is 0.925. The van der Waals surface area contributed by atoms with E-state index in [4.69, 9.17) is 4.74 Å². The van der Waals surface area contributed by atoms with Crippen LogP contribution in [0.4, 0.5) is 0 Å². The Kier molecular flexibility index (Phi) is 4.17. The Bertz CT molecular complexity index is 518. The molecule has 2 aliphatic rings. The van der Waals surface area contributed by atoms with Crippen molar-refractivity contribution in [2.75, 3.05) is 26.7 Å². The van der Waals surface area contributed by atoms with Gasteiger partial charge in [0.25, 0.3) is 5.91 Å². The molecule has 1 saturated carbocycles. The fourth-order valence-corrected chi connectivity index (χ4v) is 2.62. The summed E-state index contributed by atoms with van der Waals surface area (Å²) in [7, 11) is 2.00. The van der Waals surface area contributed by atoms with Gasteiger partial charge in [-0.1, -0.05) is 0 Å². The lowest BCUT2D eigenvalue weighted by Crippen LogP contribution is -2.49. The van der Waals surface area contributed by atoms with Gasteiger partial charge in [0, 0.05) is 25.0 Å². The molecule has 1 aliphatic carbocycles. The molecule has 21 heavy (non-hydrogen) atoms. The lowest BCUT2D eigenvalue weighted by Gasteiger charge is -2.30. The zero-order chi connectivity index (χ0) is 14.8. The van der Waals surface area contributed by atoms with Crippen LogP contribution in [0.15, 0.2) is 12.3 Å². The molecule has 0 bridgehead atoms. The minimum Gasteiger partial charge on any atom is -0.366 e. The largest absolute Gasteiger partial charge is 0.366 e. The second-order valence-electron chi connectivity index (χ2n) is 6.00.